The van der Waals surface area contributed by atoms with Crippen LogP contribution in [0.25, 0.3) is 0 Å². The van der Waals surface area contributed by atoms with Gasteiger partial charge in [-0.1, -0.05) is 0 Å². The van der Waals surface area contributed by atoms with Crippen molar-refractivity contribution in [1.82, 2.24) is 0 Å². The lowest BCUT2D eigenvalue weighted by Crippen LogP contribution is -2.06. The van der Waals surface area contributed by atoms with Crippen LogP contribution in [0.4, 0.5) is 0 Å². The van der Waals surface area contributed by atoms with Gasteiger partial charge in [-0.05, 0) is 6.08 Å². The SMILES string of the molecule is N#CCCC1C=CC(=O)O1. The molecule has 52 valence electrons. The first kappa shape index (κ1) is 6.81. The van der Waals surface area contributed by atoms with E-state index >= 15 is 0 Å². The van der Waals surface area contributed by atoms with Gasteiger partial charge in [0, 0.05) is 18.9 Å². The second-order valence-electron chi connectivity index (χ2n) is 2.03. The molecule has 1 atom stereocenters. The van der Waals surface area contributed by atoms with Crippen LogP contribution in [0.15, 0.2) is 12.2 Å². The van der Waals surface area contributed by atoms with Gasteiger partial charge < -0.3 is 4.74 Å². The van der Waals surface area contributed by atoms with Gasteiger partial charge in [0.05, 0.1) is 6.07 Å². The highest BCUT2D eigenvalue weighted by molar-refractivity contribution is 5.84. The minimum Gasteiger partial charge on any atom is -0.455 e. The Morgan fingerprint density at radius 3 is 3.10 bits per heavy atom. The van der Waals surface area contributed by atoms with Crippen molar-refractivity contribution in [3.8, 4) is 6.07 Å². The molecule has 0 aromatic carbocycles. The van der Waals surface area contributed by atoms with Crippen LogP contribution in [-0.4, -0.2) is 12.1 Å². The molecule has 1 unspecified atom stereocenters. The number of hydrogen-bond donors (Lipinski definition) is 0. The summed E-state index contributed by atoms with van der Waals surface area (Å²) in [5, 5.41) is 8.18. The highest BCUT2D eigenvalue weighted by Crippen LogP contribution is 2.09. The van der Waals surface area contributed by atoms with Gasteiger partial charge in [0.2, 0.25) is 0 Å². The average molecular weight is 137 g/mol. The first-order valence-corrected chi connectivity index (χ1v) is 3.08. The topological polar surface area (TPSA) is 50.1 Å². The molecule has 0 bridgehead atoms. The summed E-state index contributed by atoms with van der Waals surface area (Å²) in [6.07, 6.45) is 3.95. The van der Waals surface area contributed by atoms with E-state index in [-0.39, 0.29) is 12.1 Å². The van der Waals surface area contributed by atoms with Gasteiger partial charge in [-0.25, -0.2) is 4.79 Å². The molecule has 0 aromatic heterocycles. The van der Waals surface area contributed by atoms with Crippen LogP contribution in [0.3, 0.4) is 0 Å². The van der Waals surface area contributed by atoms with Crippen molar-refractivity contribution in [2.45, 2.75) is 18.9 Å². The Morgan fingerprint density at radius 1 is 1.80 bits per heavy atom. The first-order valence-electron chi connectivity index (χ1n) is 3.08. The maximum absolute atomic E-state index is 10.4. The highest BCUT2D eigenvalue weighted by atomic mass is 16.5. The van der Waals surface area contributed by atoms with E-state index in [4.69, 9.17) is 10.00 Å². The second-order valence-corrected chi connectivity index (χ2v) is 2.03. The fourth-order valence-electron chi connectivity index (χ4n) is 0.776. The van der Waals surface area contributed by atoms with Crippen molar-refractivity contribution >= 4 is 5.97 Å². The molecule has 0 spiro atoms. The summed E-state index contributed by atoms with van der Waals surface area (Å²) in [5.41, 5.74) is 0. The van der Waals surface area contributed by atoms with Gasteiger partial charge in [0.15, 0.2) is 0 Å². The van der Waals surface area contributed by atoms with Gasteiger partial charge >= 0.3 is 5.97 Å². The lowest BCUT2D eigenvalue weighted by atomic mass is 10.2. The Hall–Kier alpha value is -1.30. The van der Waals surface area contributed by atoms with Crippen molar-refractivity contribution in [3.63, 3.8) is 0 Å². The van der Waals surface area contributed by atoms with Gasteiger partial charge in [-0.3, -0.25) is 0 Å². The lowest BCUT2D eigenvalue weighted by molar-refractivity contribution is -0.138. The molecular formula is C7H7NO2. The summed E-state index contributed by atoms with van der Waals surface area (Å²) < 4.78 is 4.76. The monoisotopic (exact) mass is 137 g/mol. The fourth-order valence-corrected chi connectivity index (χ4v) is 0.776. The number of esters is 1. The highest BCUT2D eigenvalue weighted by Gasteiger charge is 2.14. The minimum atomic E-state index is -0.303. The molecule has 0 fully saturated rings. The van der Waals surface area contributed by atoms with Gasteiger partial charge in [0.1, 0.15) is 6.10 Å². The van der Waals surface area contributed by atoms with Crippen LogP contribution < -0.4 is 0 Å². The van der Waals surface area contributed by atoms with Crippen LogP contribution in [-0.2, 0) is 9.53 Å². The average Bonchev–Trinajstić information content (AvgIpc) is 2.31. The lowest BCUT2D eigenvalue weighted by Gasteiger charge is -2.03. The Morgan fingerprint density at radius 2 is 2.60 bits per heavy atom. The van der Waals surface area contributed by atoms with Crippen molar-refractivity contribution in [2.24, 2.45) is 0 Å². The van der Waals surface area contributed by atoms with Crippen molar-refractivity contribution in [3.05, 3.63) is 12.2 Å². The molecule has 0 aromatic rings. The molecule has 0 saturated carbocycles. The molecule has 1 heterocycles. The van der Waals surface area contributed by atoms with E-state index in [9.17, 15) is 4.79 Å². The predicted molar refractivity (Wildman–Crippen MR) is 33.9 cm³/mol. The smallest absolute Gasteiger partial charge is 0.331 e. The summed E-state index contributed by atoms with van der Waals surface area (Å²) in [6, 6.07) is 1.98. The third-order valence-corrected chi connectivity index (χ3v) is 1.26. The van der Waals surface area contributed by atoms with Crippen LogP contribution in [0.2, 0.25) is 0 Å². The molecule has 0 aliphatic carbocycles. The van der Waals surface area contributed by atoms with Crippen molar-refractivity contribution in [2.75, 3.05) is 0 Å². The third-order valence-electron chi connectivity index (χ3n) is 1.26. The molecule has 3 nitrogen and oxygen atoms in total. The van der Waals surface area contributed by atoms with E-state index < -0.39 is 0 Å². The zero-order chi connectivity index (χ0) is 7.40. The van der Waals surface area contributed by atoms with Crippen LogP contribution in [0.5, 0.6) is 0 Å². The van der Waals surface area contributed by atoms with E-state index in [2.05, 4.69) is 0 Å². The number of carbonyl (C=O) groups excluding carboxylic acids is 1. The minimum absolute atomic E-state index is 0.160. The normalized spacial score (nSPS) is 22.3. The van der Waals surface area contributed by atoms with E-state index in [0.29, 0.717) is 12.8 Å². The summed E-state index contributed by atoms with van der Waals surface area (Å²) in [6.45, 7) is 0. The Balaban J connectivity index is 2.28. The number of nitrogens with zero attached hydrogens (tertiary/aromatic N) is 1. The number of rotatable bonds is 2. The summed E-state index contributed by atoms with van der Waals surface area (Å²) in [5.74, 6) is -0.303. The number of hydrogen-bond acceptors (Lipinski definition) is 3. The van der Waals surface area contributed by atoms with E-state index in [1.54, 1.807) is 6.08 Å². The van der Waals surface area contributed by atoms with Gasteiger partial charge in [-0.15, -0.1) is 0 Å². The fraction of sp³-hybridized carbons (Fsp3) is 0.429. The summed E-state index contributed by atoms with van der Waals surface area (Å²) in [4.78, 5) is 10.4. The van der Waals surface area contributed by atoms with Crippen LogP contribution in [0.1, 0.15) is 12.8 Å². The van der Waals surface area contributed by atoms with Crippen molar-refractivity contribution in [1.29, 1.82) is 5.26 Å². The largest absolute Gasteiger partial charge is 0.455 e. The van der Waals surface area contributed by atoms with E-state index in [0.717, 1.165) is 0 Å². The van der Waals surface area contributed by atoms with Crippen molar-refractivity contribution < 1.29 is 9.53 Å². The molecular weight excluding hydrogens is 130 g/mol. The maximum atomic E-state index is 10.4. The van der Waals surface area contributed by atoms with Crippen LogP contribution in [0, 0.1) is 11.3 Å². The third kappa shape index (κ3) is 1.59. The van der Waals surface area contributed by atoms with E-state index in [1.165, 1.54) is 6.08 Å². The number of carbonyl (C=O) groups is 1. The molecule has 1 aliphatic rings. The molecule has 3 heteroatoms. The summed E-state index contributed by atoms with van der Waals surface area (Å²) >= 11 is 0. The van der Waals surface area contributed by atoms with Gasteiger partial charge in [0.25, 0.3) is 0 Å². The Labute approximate surface area is 58.9 Å². The zero-order valence-electron chi connectivity index (χ0n) is 5.41. The zero-order valence-corrected chi connectivity index (χ0v) is 5.41. The van der Waals surface area contributed by atoms with Gasteiger partial charge in [-0.2, -0.15) is 5.26 Å². The number of ether oxygens (including phenoxy) is 1. The Kier molecular flexibility index (Phi) is 2.06. The molecule has 0 radical (unpaired) electrons. The number of cyclic esters (lactones) is 1. The number of nitriles is 1. The first-order chi connectivity index (χ1) is 4.83. The van der Waals surface area contributed by atoms with E-state index in [1.807, 2.05) is 6.07 Å². The molecule has 10 heavy (non-hydrogen) atoms. The quantitative estimate of drug-likeness (QED) is 0.528. The standard InChI is InChI=1S/C7H7NO2/c8-5-1-2-6-3-4-7(9)10-6/h3-4,6H,1-2H2. The summed E-state index contributed by atoms with van der Waals surface area (Å²) in [7, 11) is 0. The molecule has 0 amide bonds. The second kappa shape index (κ2) is 3.02. The molecule has 1 aliphatic heterocycles. The Bertz CT molecular complexity index is 202. The molecule has 0 saturated heterocycles. The molecule has 0 N–H and O–H groups in total. The predicted octanol–water partition coefficient (Wildman–Crippen LogP) is 0.772. The van der Waals surface area contributed by atoms with Crippen LogP contribution >= 0.6 is 0 Å². The molecule has 1 rings (SSSR count). The maximum Gasteiger partial charge on any atom is 0.331 e.